The van der Waals surface area contributed by atoms with E-state index in [1.54, 1.807) is 0 Å². The summed E-state index contributed by atoms with van der Waals surface area (Å²) in [5.41, 5.74) is 1.27. The number of hydrogen-bond acceptors (Lipinski definition) is 2. The van der Waals surface area contributed by atoms with Crippen LogP contribution in [-0.2, 0) is 0 Å². The summed E-state index contributed by atoms with van der Waals surface area (Å²) in [6, 6.07) is 10.5. The summed E-state index contributed by atoms with van der Waals surface area (Å²) in [6.45, 7) is 4.33. The standard InChI is InChI=1S/C12H16N2/c1-2-8-13-9-10-14(11-13)12-6-4-3-5-7-12/h3-7,9-10H,2,8,11H2,1H3. The fourth-order valence-electron chi connectivity index (χ4n) is 1.68. The Balaban J connectivity index is 2.00. The lowest BCUT2D eigenvalue weighted by molar-refractivity contribution is 0.406. The average molecular weight is 188 g/mol. The van der Waals surface area contributed by atoms with E-state index in [4.69, 9.17) is 0 Å². The Hall–Kier alpha value is -1.44. The Bertz CT molecular complexity index is 305. The van der Waals surface area contributed by atoms with E-state index in [2.05, 4.69) is 53.4 Å². The van der Waals surface area contributed by atoms with Crippen molar-refractivity contribution in [3.05, 3.63) is 42.7 Å². The third-order valence-electron chi connectivity index (χ3n) is 2.39. The van der Waals surface area contributed by atoms with Gasteiger partial charge in [-0.3, -0.25) is 0 Å². The smallest absolute Gasteiger partial charge is 0.0941 e. The van der Waals surface area contributed by atoms with E-state index in [-0.39, 0.29) is 0 Å². The summed E-state index contributed by atoms with van der Waals surface area (Å²) < 4.78 is 0. The van der Waals surface area contributed by atoms with Gasteiger partial charge in [-0.15, -0.1) is 0 Å². The predicted molar refractivity (Wildman–Crippen MR) is 59.9 cm³/mol. The molecule has 74 valence electrons. The van der Waals surface area contributed by atoms with Crippen LogP contribution in [0.2, 0.25) is 0 Å². The zero-order chi connectivity index (χ0) is 9.80. The van der Waals surface area contributed by atoms with E-state index >= 15 is 0 Å². The maximum absolute atomic E-state index is 2.33. The monoisotopic (exact) mass is 188 g/mol. The second-order valence-corrected chi connectivity index (χ2v) is 3.56. The van der Waals surface area contributed by atoms with Crippen LogP contribution >= 0.6 is 0 Å². The van der Waals surface area contributed by atoms with Gasteiger partial charge in [0.05, 0.1) is 6.67 Å². The van der Waals surface area contributed by atoms with Gasteiger partial charge in [0, 0.05) is 24.6 Å². The van der Waals surface area contributed by atoms with Gasteiger partial charge < -0.3 is 9.80 Å². The maximum atomic E-state index is 2.33. The van der Waals surface area contributed by atoms with Crippen LogP contribution in [0.25, 0.3) is 0 Å². The number of rotatable bonds is 3. The van der Waals surface area contributed by atoms with Crippen molar-refractivity contribution in [1.29, 1.82) is 0 Å². The first-order valence-electron chi connectivity index (χ1n) is 5.14. The van der Waals surface area contributed by atoms with E-state index in [1.165, 1.54) is 12.1 Å². The van der Waals surface area contributed by atoms with Gasteiger partial charge in [0.1, 0.15) is 0 Å². The van der Waals surface area contributed by atoms with Crippen molar-refractivity contribution in [2.75, 3.05) is 18.1 Å². The van der Waals surface area contributed by atoms with Gasteiger partial charge in [-0.1, -0.05) is 25.1 Å². The molecular weight excluding hydrogens is 172 g/mol. The molecule has 0 radical (unpaired) electrons. The zero-order valence-electron chi connectivity index (χ0n) is 8.56. The summed E-state index contributed by atoms with van der Waals surface area (Å²) in [5.74, 6) is 0. The van der Waals surface area contributed by atoms with E-state index in [0.29, 0.717) is 0 Å². The third kappa shape index (κ3) is 1.90. The molecule has 0 atom stereocenters. The van der Waals surface area contributed by atoms with Crippen LogP contribution in [0.3, 0.4) is 0 Å². The Morgan fingerprint density at radius 1 is 1.14 bits per heavy atom. The van der Waals surface area contributed by atoms with Crippen LogP contribution in [0, 0.1) is 0 Å². The first-order chi connectivity index (χ1) is 6.90. The molecule has 0 saturated carbocycles. The predicted octanol–water partition coefficient (Wildman–Crippen LogP) is 2.65. The minimum Gasteiger partial charge on any atom is -0.358 e. The normalized spacial score (nSPS) is 15.2. The number of hydrogen-bond donors (Lipinski definition) is 0. The van der Waals surface area contributed by atoms with Gasteiger partial charge >= 0.3 is 0 Å². The molecule has 0 aliphatic carbocycles. The minimum absolute atomic E-state index is 0.984. The SMILES string of the molecule is CCCN1C=CN(c2ccccc2)C1. The van der Waals surface area contributed by atoms with Crippen LogP contribution in [-0.4, -0.2) is 18.1 Å². The van der Waals surface area contributed by atoms with E-state index in [0.717, 1.165) is 13.2 Å². The van der Waals surface area contributed by atoms with Crippen molar-refractivity contribution in [2.24, 2.45) is 0 Å². The quantitative estimate of drug-likeness (QED) is 0.719. The van der Waals surface area contributed by atoms with Crippen molar-refractivity contribution in [1.82, 2.24) is 4.90 Å². The average Bonchev–Trinajstić information content (AvgIpc) is 2.68. The van der Waals surface area contributed by atoms with Crippen LogP contribution < -0.4 is 4.90 Å². The number of anilines is 1. The first kappa shape index (κ1) is 9.13. The van der Waals surface area contributed by atoms with Crippen LogP contribution in [0.1, 0.15) is 13.3 Å². The van der Waals surface area contributed by atoms with Crippen LogP contribution in [0.5, 0.6) is 0 Å². The van der Waals surface area contributed by atoms with Gasteiger partial charge in [0.25, 0.3) is 0 Å². The molecule has 1 aromatic carbocycles. The number of nitrogens with zero attached hydrogens (tertiary/aromatic N) is 2. The molecule has 14 heavy (non-hydrogen) atoms. The highest BCUT2D eigenvalue weighted by Gasteiger charge is 2.11. The highest BCUT2D eigenvalue weighted by atomic mass is 15.3. The first-order valence-corrected chi connectivity index (χ1v) is 5.14. The second-order valence-electron chi connectivity index (χ2n) is 3.56. The third-order valence-corrected chi connectivity index (χ3v) is 2.39. The molecule has 1 heterocycles. The summed E-state index contributed by atoms with van der Waals surface area (Å²) in [4.78, 5) is 4.59. The summed E-state index contributed by atoms with van der Waals surface area (Å²) in [5, 5.41) is 0. The molecule has 0 unspecified atom stereocenters. The summed E-state index contributed by atoms with van der Waals surface area (Å²) in [6.07, 6.45) is 5.51. The van der Waals surface area contributed by atoms with Crippen molar-refractivity contribution in [3.63, 3.8) is 0 Å². The van der Waals surface area contributed by atoms with Gasteiger partial charge in [0.2, 0.25) is 0 Å². The highest BCUT2D eigenvalue weighted by Crippen LogP contribution is 2.18. The van der Waals surface area contributed by atoms with E-state index in [1.807, 2.05) is 6.07 Å². The topological polar surface area (TPSA) is 6.48 Å². The second kappa shape index (κ2) is 4.18. The lowest BCUT2D eigenvalue weighted by Gasteiger charge is -2.20. The Morgan fingerprint density at radius 2 is 1.93 bits per heavy atom. The lowest BCUT2D eigenvalue weighted by Crippen LogP contribution is -2.25. The number of benzene rings is 1. The molecule has 0 fully saturated rings. The zero-order valence-corrected chi connectivity index (χ0v) is 8.56. The molecule has 1 aliphatic rings. The minimum atomic E-state index is 0.984. The van der Waals surface area contributed by atoms with Gasteiger partial charge in [-0.2, -0.15) is 0 Å². The molecule has 0 aromatic heterocycles. The molecule has 0 saturated heterocycles. The Morgan fingerprint density at radius 3 is 2.64 bits per heavy atom. The molecule has 1 aromatic rings. The molecule has 0 amide bonds. The van der Waals surface area contributed by atoms with E-state index < -0.39 is 0 Å². The highest BCUT2D eigenvalue weighted by molar-refractivity contribution is 5.49. The summed E-state index contributed by atoms with van der Waals surface area (Å²) >= 11 is 0. The molecular formula is C12H16N2. The maximum Gasteiger partial charge on any atom is 0.0941 e. The molecule has 0 bridgehead atoms. The van der Waals surface area contributed by atoms with Gasteiger partial charge in [-0.25, -0.2) is 0 Å². The molecule has 2 rings (SSSR count). The molecule has 2 nitrogen and oxygen atoms in total. The lowest BCUT2D eigenvalue weighted by atomic mass is 10.3. The number of para-hydroxylation sites is 1. The fraction of sp³-hybridized carbons (Fsp3) is 0.333. The fourth-order valence-corrected chi connectivity index (χ4v) is 1.68. The van der Waals surface area contributed by atoms with Crippen molar-refractivity contribution >= 4 is 5.69 Å². The van der Waals surface area contributed by atoms with E-state index in [9.17, 15) is 0 Å². The summed E-state index contributed by atoms with van der Waals surface area (Å²) in [7, 11) is 0. The van der Waals surface area contributed by atoms with Crippen molar-refractivity contribution in [3.8, 4) is 0 Å². The van der Waals surface area contributed by atoms with Crippen molar-refractivity contribution < 1.29 is 0 Å². The molecule has 2 heteroatoms. The van der Waals surface area contributed by atoms with Crippen molar-refractivity contribution in [2.45, 2.75) is 13.3 Å². The molecule has 1 aliphatic heterocycles. The van der Waals surface area contributed by atoms with Gasteiger partial charge in [0.15, 0.2) is 0 Å². The molecule has 0 spiro atoms. The molecule has 0 N–H and O–H groups in total. The largest absolute Gasteiger partial charge is 0.358 e. The Kier molecular flexibility index (Phi) is 2.73. The van der Waals surface area contributed by atoms with Crippen LogP contribution in [0.15, 0.2) is 42.7 Å². The van der Waals surface area contributed by atoms with Gasteiger partial charge in [-0.05, 0) is 18.6 Å². The van der Waals surface area contributed by atoms with Crippen LogP contribution in [0.4, 0.5) is 5.69 Å². The Labute approximate surface area is 85.4 Å².